The van der Waals surface area contributed by atoms with E-state index in [2.05, 4.69) is 5.32 Å². The van der Waals surface area contributed by atoms with Crippen LogP contribution in [0.4, 0.5) is 10.1 Å². The van der Waals surface area contributed by atoms with E-state index in [0.29, 0.717) is 10.9 Å². The van der Waals surface area contributed by atoms with Gasteiger partial charge in [0.25, 0.3) is 0 Å². The SMILES string of the molecule is CNc1c(C)c(-c2ccccc2)nc2c(C)ccc(F)c12. The van der Waals surface area contributed by atoms with Crippen LogP contribution in [0.5, 0.6) is 0 Å². The first kappa shape index (κ1) is 13.6. The quantitative estimate of drug-likeness (QED) is 0.736. The first-order valence-corrected chi connectivity index (χ1v) is 6.96. The molecule has 0 amide bonds. The molecule has 0 aliphatic heterocycles. The highest BCUT2D eigenvalue weighted by atomic mass is 19.1. The van der Waals surface area contributed by atoms with Gasteiger partial charge < -0.3 is 5.32 Å². The summed E-state index contributed by atoms with van der Waals surface area (Å²) in [7, 11) is 1.82. The average Bonchev–Trinajstić information content (AvgIpc) is 2.51. The van der Waals surface area contributed by atoms with Crippen molar-refractivity contribution in [2.24, 2.45) is 0 Å². The standard InChI is InChI=1S/C18H17FN2/c1-11-9-10-14(19)15-16(11)21-17(12(2)18(15)20-3)13-7-5-4-6-8-13/h4-10H,1-3H3,(H,20,21). The van der Waals surface area contributed by atoms with Gasteiger partial charge in [0.2, 0.25) is 0 Å². The lowest BCUT2D eigenvalue weighted by atomic mass is 10.00. The van der Waals surface area contributed by atoms with Crippen molar-refractivity contribution in [3.05, 3.63) is 59.4 Å². The summed E-state index contributed by atoms with van der Waals surface area (Å²) in [4.78, 5) is 4.73. The highest BCUT2D eigenvalue weighted by Gasteiger charge is 2.16. The van der Waals surface area contributed by atoms with E-state index >= 15 is 0 Å². The van der Waals surface area contributed by atoms with Crippen LogP contribution in [0.3, 0.4) is 0 Å². The number of halogens is 1. The Bertz CT molecular complexity index is 811. The number of hydrogen-bond donors (Lipinski definition) is 1. The van der Waals surface area contributed by atoms with Crippen molar-refractivity contribution in [2.45, 2.75) is 13.8 Å². The van der Waals surface area contributed by atoms with Gasteiger partial charge in [0.05, 0.1) is 22.3 Å². The van der Waals surface area contributed by atoms with Gasteiger partial charge in [-0.1, -0.05) is 36.4 Å². The Morgan fingerprint density at radius 2 is 1.71 bits per heavy atom. The van der Waals surface area contributed by atoms with Crippen molar-refractivity contribution in [3.8, 4) is 11.3 Å². The molecule has 3 aromatic rings. The average molecular weight is 280 g/mol. The predicted molar refractivity (Wildman–Crippen MR) is 86.2 cm³/mol. The summed E-state index contributed by atoms with van der Waals surface area (Å²) >= 11 is 0. The number of rotatable bonds is 2. The van der Waals surface area contributed by atoms with Crippen LogP contribution in [0.25, 0.3) is 22.2 Å². The Balaban J connectivity index is 2.44. The smallest absolute Gasteiger partial charge is 0.134 e. The Labute approximate surface area is 123 Å². The van der Waals surface area contributed by atoms with Crippen molar-refractivity contribution >= 4 is 16.6 Å². The third kappa shape index (κ3) is 2.15. The summed E-state index contributed by atoms with van der Waals surface area (Å²) in [6, 6.07) is 13.3. The van der Waals surface area contributed by atoms with Crippen molar-refractivity contribution in [3.63, 3.8) is 0 Å². The molecule has 0 saturated heterocycles. The fourth-order valence-corrected chi connectivity index (χ4v) is 2.74. The first-order valence-electron chi connectivity index (χ1n) is 6.96. The lowest BCUT2D eigenvalue weighted by molar-refractivity contribution is 0.639. The number of pyridine rings is 1. The minimum Gasteiger partial charge on any atom is -0.387 e. The zero-order chi connectivity index (χ0) is 15.0. The Morgan fingerprint density at radius 3 is 2.38 bits per heavy atom. The summed E-state index contributed by atoms with van der Waals surface area (Å²) < 4.78 is 14.2. The molecular formula is C18H17FN2. The van der Waals surface area contributed by atoms with Gasteiger partial charge in [-0.25, -0.2) is 9.37 Å². The van der Waals surface area contributed by atoms with E-state index < -0.39 is 0 Å². The van der Waals surface area contributed by atoms with Crippen molar-refractivity contribution < 1.29 is 4.39 Å². The van der Waals surface area contributed by atoms with Crippen molar-refractivity contribution in [2.75, 3.05) is 12.4 Å². The van der Waals surface area contributed by atoms with Crippen LogP contribution in [-0.4, -0.2) is 12.0 Å². The molecular weight excluding hydrogens is 263 g/mol. The van der Waals surface area contributed by atoms with Gasteiger partial charge in [-0.3, -0.25) is 0 Å². The Kier molecular flexibility index (Phi) is 3.34. The van der Waals surface area contributed by atoms with Crippen LogP contribution in [0, 0.1) is 19.7 Å². The second-order valence-electron chi connectivity index (χ2n) is 5.16. The Hall–Kier alpha value is -2.42. The molecule has 3 rings (SSSR count). The van der Waals surface area contributed by atoms with E-state index in [0.717, 1.165) is 28.1 Å². The topological polar surface area (TPSA) is 24.9 Å². The van der Waals surface area contributed by atoms with Gasteiger partial charge in [-0.15, -0.1) is 0 Å². The number of nitrogens with one attached hydrogen (secondary N) is 1. The molecule has 0 aliphatic rings. The van der Waals surface area contributed by atoms with E-state index in [-0.39, 0.29) is 5.82 Å². The molecule has 0 spiro atoms. The van der Waals surface area contributed by atoms with Crippen LogP contribution in [0.1, 0.15) is 11.1 Å². The second kappa shape index (κ2) is 5.17. The lowest BCUT2D eigenvalue weighted by Crippen LogP contribution is -2.01. The summed E-state index contributed by atoms with van der Waals surface area (Å²) in [5, 5.41) is 3.70. The van der Waals surface area contributed by atoms with Crippen LogP contribution in [-0.2, 0) is 0 Å². The molecule has 2 aromatic carbocycles. The van der Waals surface area contributed by atoms with Crippen LogP contribution >= 0.6 is 0 Å². The third-order valence-corrected chi connectivity index (χ3v) is 3.83. The molecule has 2 nitrogen and oxygen atoms in total. The molecule has 0 bridgehead atoms. The molecule has 0 aliphatic carbocycles. The number of nitrogens with zero attached hydrogens (tertiary/aromatic N) is 1. The molecule has 0 radical (unpaired) electrons. The maximum atomic E-state index is 14.2. The normalized spacial score (nSPS) is 10.9. The molecule has 3 heteroatoms. The number of benzene rings is 2. The van der Waals surface area contributed by atoms with E-state index in [9.17, 15) is 4.39 Å². The van der Waals surface area contributed by atoms with Gasteiger partial charge in [-0.05, 0) is 31.0 Å². The third-order valence-electron chi connectivity index (χ3n) is 3.83. The number of fused-ring (bicyclic) bond motifs is 1. The molecule has 21 heavy (non-hydrogen) atoms. The molecule has 0 unspecified atom stereocenters. The van der Waals surface area contributed by atoms with Crippen molar-refractivity contribution in [1.82, 2.24) is 4.98 Å². The fourth-order valence-electron chi connectivity index (χ4n) is 2.74. The fraction of sp³-hybridized carbons (Fsp3) is 0.167. The predicted octanol–water partition coefficient (Wildman–Crippen LogP) is 4.70. The lowest BCUT2D eigenvalue weighted by Gasteiger charge is -2.16. The van der Waals surface area contributed by atoms with Gasteiger partial charge in [-0.2, -0.15) is 0 Å². The molecule has 0 atom stereocenters. The molecule has 1 aromatic heterocycles. The van der Waals surface area contributed by atoms with E-state index in [1.807, 2.05) is 51.2 Å². The molecule has 0 saturated carbocycles. The monoisotopic (exact) mass is 280 g/mol. The van der Waals surface area contributed by atoms with Gasteiger partial charge >= 0.3 is 0 Å². The molecule has 1 N–H and O–H groups in total. The maximum absolute atomic E-state index is 14.2. The summed E-state index contributed by atoms with van der Waals surface area (Å²) in [5.41, 5.74) is 5.38. The van der Waals surface area contributed by atoms with Crippen LogP contribution < -0.4 is 5.32 Å². The second-order valence-corrected chi connectivity index (χ2v) is 5.16. The number of aromatic nitrogens is 1. The van der Waals surface area contributed by atoms with Gasteiger partial charge in [0.15, 0.2) is 0 Å². The number of hydrogen-bond acceptors (Lipinski definition) is 2. The summed E-state index contributed by atoms with van der Waals surface area (Å²) in [6.45, 7) is 3.93. The maximum Gasteiger partial charge on any atom is 0.134 e. The zero-order valence-electron chi connectivity index (χ0n) is 12.4. The van der Waals surface area contributed by atoms with E-state index in [1.165, 1.54) is 6.07 Å². The van der Waals surface area contributed by atoms with E-state index in [1.54, 1.807) is 6.07 Å². The van der Waals surface area contributed by atoms with Gasteiger partial charge in [0, 0.05) is 12.6 Å². The number of anilines is 1. The molecule has 1 heterocycles. The molecule has 0 fully saturated rings. The zero-order valence-corrected chi connectivity index (χ0v) is 12.4. The van der Waals surface area contributed by atoms with E-state index in [4.69, 9.17) is 4.98 Å². The highest BCUT2D eigenvalue weighted by molar-refractivity contribution is 5.98. The highest BCUT2D eigenvalue weighted by Crippen LogP contribution is 2.35. The van der Waals surface area contributed by atoms with Crippen LogP contribution in [0.15, 0.2) is 42.5 Å². The summed E-state index contributed by atoms with van der Waals surface area (Å²) in [5.74, 6) is -0.241. The summed E-state index contributed by atoms with van der Waals surface area (Å²) in [6.07, 6.45) is 0. The molecule has 106 valence electrons. The number of aryl methyl sites for hydroxylation is 1. The van der Waals surface area contributed by atoms with Crippen LogP contribution in [0.2, 0.25) is 0 Å². The first-order chi connectivity index (χ1) is 10.1. The Morgan fingerprint density at radius 1 is 1.00 bits per heavy atom. The largest absolute Gasteiger partial charge is 0.387 e. The minimum atomic E-state index is -0.241. The minimum absolute atomic E-state index is 0.241. The van der Waals surface area contributed by atoms with Gasteiger partial charge in [0.1, 0.15) is 5.82 Å². The van der Waals surface area contributed by atoms with Crippen molar-refractivity contribution in [1.29, 1.82) is 0 Å².